The lowest BCUT2D eigenvalue weighted by Crippen LogP contribution is -2.35. The molecule has 7 nitrogen and oxygen atoms in total. The SMILES string of the molecule is NCc1ccc(N(CC(=O)O)S(=O)(=O)O)cc1. The highest BCUT2D eigenvalue weighted by Gasteiger charge is 2.22. The Labute approximate surface area is 98.3 Å². The Morgan fingerprint density at radius 3 is 2.18 bits per heavy atom. The first kappa shape index (κ1) is 13.4. The first-order valence-corrected chi connectivity index (χ1v) is 6.00. The number of carboxylic acid groups (broad SMARTS) is 1. The van der Waals surface area contributed by atoms with Gasteiger partial charge in [0.1, 0.15) is 6.54 Å². The predicted molar refractivity (Wildman–Crippen MR) is 60.9 cm³/mol. The van der Waals surface area contributed by atoms with Crippen molar-refractivity contribution < 1.29 is 22.9 Å². The molecule has 0 radical (unpaired) electrons. The second-order valence-corrected chi connectivity index (χ2v) is 4.59. The molecule has 8 heteroatoms. The fraction of sp³-hybridized carbons (Fsp3) is 0.222. The fourth-order valence-corrected chi connectivity index (χ4v) is 1.89. The second-order valence-electron chi connectivity index (χ2n) is 3.25. The predicted octanol–water partition coefficient (Wildman–Crippen LogP) is -0.161. The van der Waals surface area contributed by atoms with Crippen LogP contribution < -0.4 is 10.0 Å². The molecule has 0 saturated carbocycles. The Balaban J connectivity index is 3.09. The number of carboxylic acids is 1. The molecule has 0 atom stereocenters. The summed E-state index contributed by atoms with van der Waals surface area (Å²) < 4.78 is 31.3. The summed E-state index contributed by atoms with van der Waals surface area (Å²) in [4.78, 5) is 10.5. The van der Waals surface area contributed by atoms with E-state index in [-0.39, 0.29) is 12.2 Å². The van der Waals surface area contributed by atoms with E-state index in [1.165, 1.54) is 12.1 Å². The molecule has 0 bridgehead atoms. The Hall–Kier alpha value is -1.64. The summed E-state index contributed by atoms with van der Waals surface area (Å²) in [5.41, 5.74) is 6.19. The molecule has 4 N–H and O–H groups in total. The largest absolute Gasteiger partial charge is 0.480 e. The summed E-state index contributed by atoms with van der Waals surface area (Å²) in [6.45, 7) is -0.564. The van der Waals surface area contributed by atoms with Gasteiger partial charge in [0.25, 0.3) is 0 Å². The zero-order chi connectivity index (χ0) is 13.1. The van der Waals surface area contributed by atoms with Gasteiger partial charge in [-0.1, -0.05) is 12.1 Å². The van der Waals surface area contributed by atoms with Crippen LogP contribution in [0.1, 0.15) is 5.56 Å². The average molecular weight is 260 g/mol. The summed E-state index contributed by atoms with van der Waals surface area (Å²) in [6.07, 6.45) is 0. The molecule has 0 heterocycles. The van der Waals surface area contributed by atoms with E-state index in [1.807, 2.05) is 0 Å². The molecule has 0 spiro atoms. The van der Waals surface area contributed by atoms with Crippen molar-refractivity contribution in [1.29, 1.82) is 0 Å². The van der Waals surface area contributed by atoms with Crippen LogP contribution in [-0.2, 0) is 21.6 Å². The van der Waals surface area contributed by atoms with Crippen molar-refractivity contribution in [1.82, 2.24) is 0 Å². The maximum atomic E-state index is 11.0. The van der Waals surface area contributed by atoms with Crippen LogP contribution in [0.15, 0.2) is 24.3 Å². The Kier molecular flexibility index (Phi) is 4.05. The molecule has 1 aromatic carbocycles. The van der Waals surface area contributed by atoms with Gasteiger partial charge in [-0.15, -0.1) is 0 Å². The van der Waals surface area contributed by atoms with Crippen molar-refractivity contribution in [2.75, 3.05) is 10.8 Å². The van der Waals surface area contributed by atoms with E-state index >= 15 is 0 Å². The van der Waals surface area contributed by atoms with Crippen LogP contribution in [0.3, 0.4) is 0 Å². The molecule has 1 rings (SSSR count). The first-order valence-electron chi connectivity index (χ1n) is 4.60. The molecule has 17 heavy (non-hydrogen) atoms. The maximum Gasteiger partial charge on any atom is 0.360 e. The molecule has 0 aliphatic carbocycles. The van der Waals surface area contributed by atoms with Gasteiger partial charge in [-0.3, -0.25) is 9.35 Å². The van der Waals surface area contributed by atoms with Gasteiger partial charge in [-0.2, -0.15) is 8.42 Å². The lowest BCUT2D eigenvalue weighted by atomic mass is 10.2. The number of anilines is 1. The number of hydrogen-bond acceptors (Lipinski definition) is 4. The zero-order valence-electron chi connectivity index (χ0n) is 8.78. The minimum atomic E-state index is -4.61. The maximum absolute atomic E-state index is 11.0. The molecule has 94 valence electrons. The minimum Gasteiger partial charge on any atom is -0.480 e. The van der Waals surface area contributed by atoms with Crippen LogP contribution in [0.4, 0.5) is 5.69 Å². The highest BCUT2D eigenvalue weighted by molar-refractivity contribution is 7.87. The molecule has 0 fully saturated rings. The van der Waals surface area contributed by atoms with Crippen LogP contribution in [0.2, 0.25) is 0 Å². The van der Waals surface area contributed by atoms with Crippen molar-refractivity contribution in [3.8, 4) is 0 Å². The number of carbonyl (C=O) groups is 1. The van der Waals surface area contributed by atoms with Gasteiger partial charge in [-0.25, -0.2) is 4.31 Å². The van der Waals surface area contributed by atoms with Crippen molar-refractivity contribution >= 4 is 22.0 Å². The quantitative estimate of drug-likeness (QED) is 0.632. The normalized spacial score (nSPS) is 11.2. The van der Waals surface area contributed by atoms with Gasteiger partial charge in [0.2, 0.25) is 0 Å². The summed E-state index contributed by atoms with van der Waals surface area (Å²) in [5, 5.41) is 8.57. The van der Waals surface area contributed by atoms with Crippen molar-refractivity contribution in [2.45, 2.75) is 6.54 Å². The molecule has 0 unspecified atom stereocenters. The molecule has 0 aliphatic heterocycles. The number of hydrogen-bond donors (Lipinski definition) is 3. The van der Waals surface area contributed by atoms with Gasteiger partial charge >= 0.3 is 16.3 Å². The van der Waals surface area contributed by atoms with E-state index in [1.54, 1.807) is 12.1 Å². The lowest BCUT2D eigenvalue weighted by molar-refractivity contribution is -0.135. The molecule has 1 aromatic rings. The summed E-state index contributed by atoms with van der Waals surface area (Å²) in [5.74, 6) is -1.37. The smallest absolute Gasteiger partial charge is 0.360 e. The van der Waals surface area contributed by atoms with E-state index in [2.05, 4.69) is 0 Å². The second kappa shape index (κ2) is 5.13. The van der Waals surface area contributed by atoms with Gasteiger partial charge in [0.05, 0.1) is 5.69 Å². The molecular weight excluding hydrogens is 248 g/mol. The molecule has 0 amide bonds. The van der Waals surface area contributed by atoms with Gasteiger partial charge in [0, 0.05) is 6.54 Å². The Morgan fingerprint density at radius 2 is 1.82 bits per heavy atom. The minimum absolute atomic E-state index is 0.0621. The topological polar surface area (TPSA) is 121 Å². The van der Waals surface area contributed by atoms with Crippen LogP contribution in [0.25, 0.3) is 0 Å². The van der Waals surface area contributed by atoms with Crippen molar-refractivity contribution in [2.24, 2.45) is 5.73 Å². The van der Waals surface area contributed by atoms with Crippen LogP contribution in [0, 0.1) is 0 Å². The lowest BCUT2D eigenvalue weighted by Gasteiger charge is -2.18. The van der Waals surface area contributed by atoms with Gasteiger partial charge in [-0.05, 0) is 17.7 Å². The third kappa shape index (κ3) is 3.70. The Morgan fingerprint density at radius 1 is 1.29 bits per heavy atom. The van der Waals surface area contributed by atoms with E-state index in [9.17, 15) is 13.2 Å². The number of aliphatic carboxylic acids is 1. The third-order valence-electron chi connectivity index (χ3n) is 2.02. The molecule has 0 aliphatic rings. The Bertz CT molecular complexity index is 497. The molecule has 0 saturated heterocycles. The fourth-order valence-electron chi connectivity index (χ4n) is 1.23. The van der Waals surface area contributed by atoms with E-state index in [0.717, 1.165) is 5.56 Å². The highest BCUT2D eigenvalue weighted by Crippen LogP contribution is 2.17. The summed E-state index contributed by atoms with van der Waals surface area (Å²) in [6, 6.07) is 5.85. The molecule has 0 aromatic heterocycles. The van der Waals surface area contributed by atoms with Gasteiger partial charge in [0.15, 0.2) is 0 Å². The highest BCUT2D eigenvalue weighted by atomic mass is 32.2. The monoisotopic (exact) mass is 260 g/mol. The number of nitrogens with two attached hydrogens (primary N) is 1. The third-order valence-corrected chi connectivity index (χ3v) is 2.91. The standard InChI is InChI=1S/C9H12N2O5S/c10-5-7-1-3-8(4-2-7)11(6-9(12)13)17(14,15)16/h1-4H,5-6,10H2,(H,12,13)(H,14,15,16). The van der Waals surface area contributed by atoms with Crippen LogP contribution >= 0.6 is 0 Å². The van der Waals surface area contributed by atoms with Crippen molar-refractivity contribution in [3.05, 3.63) is 29.8 Å². The first-order chi connectivity index (χ1) is 7.84. The number of nitrogens with zero attached hydrogens (tertiary/aromatic N) is 1. The zero-order valence-corrected chi connectivity index (χ0v) is 9.59. The van der Waals surface area contributed by atoms with Gasteiger partial charge < -0.3 is 10.8 Å². The van der Waals surface area contributed by atoms with E-state index in [0.29, 0.717) is 4.31 Å². The van der Waals surface area contributed by atoms with Crippen LogP contribution in [-0.4, -0.2) is 30.6 Å². The summed E-state index contributed by atoms with van der Waals surface area (Å²) >= 11 is 0. The summed E-state index contributed by atoms with van der Waals surface area (Å²) in [7, 11) is -4.61. The number of benzene rings is 1. The van der Waals surface area contributed by atoms with E-state index in [4.69, 9.17) is 15.4 Å². The average Bonchev–Trinajstić information content (AvgIpc) is 2.24. The van der Waals surface area contributed by atoms with Crippen molar-refractivity contribution in [3.63, 3.8) is 0 Å². The van der Waals surface area contributed by atoms with E-state index < -0.39 is 22.8 Å². The number of rotatable bonds is 5. The molecular formula is C9H12N2O5S. The van der Waals surface area contributed by atoms with Crippen LogP contribution in [0.5, 0.6) is 0 Å².